The van der Waals surface area contributed by atoms with Gasteiger partial charge in [-0.1, -0.05) is 48.6 Å². The second-order valence-corrected chi connectivity index (χ2v) is 25.9. The number of aliphatic carboxylic acids is 1. The number of imide groups is 1. The van der Waals surface area contributed by atoms with E-state index in [1.165, 1.54) is 35.2 Å². The first-order chi connectivity index (χ1) is 45.3. The minimum atomic E-state index is -3.11. The molecule has 4 aliphatic rings. The highest BCUT2D eigenvalue weighted by Crippen LogP contribution is 2.33. The zero-order chi connectivity index (χ0) is 67.4. The Balaban J connectivity index is 0.879. The van der Waals surface area contributed by atoms with Crippen LogP contribution in [0.4, 0.5) is 8.78 Å². The number of carboxylic acids is 1. The average Bonchev–Trinajstić information content (AvgIpc) is 1.27. The van der Waals surface area contributed by atoms with E-state index in [0.717, 1.165) is 35.5 Å². The van der Waals surface area contributed by atoms with E-state index in [1.54, 1.807) is 28.0 Å². The molecule has 28 heteroatoms. The summed E-state index contributed by atoms with van der Waals surface area (Å²) in [6, 6.07) is 13.8. The lowest BCUT2D eigenvalue weighted by atomic mass is 9.92. The van der Waals surface area contributed by atoms with Crippen molar-refractivity contribution in [1.29, 1.82) is 0 Å². The van der Waals surface area contributed by atoms with Gasteiger partial charge in [0.05, 0.1) is 55.2 Å². The molecule has 25 nitrogen and oxygen atoms in total. The number of likely N-dealkylation sites (tertiary alicyclic amines) is 3. The molecule has 4 fully saturated rings. The predicted molar refractivity (Wildman–Crippen MR) is 345 cm³/mol. The summed E-state index contributed by atoms with van der Waals surface area (Å²) in [4.78, 5) is 144. The third-order valence-electron chi connectivity index (χ3n) is 17.3. The van der Waals surface area contributed by atoms with Gasteiger partial charge in [0, 0.05) is 115 Å². The maximum Gasteiger partial charge on any atom is 0.317 e. The third kappa shape index (κ3) is 24.2. The van der Waals surface area contributed by atoms with Crippen molar-refractivity contribution in [3.05, 3.63) is 71.4 Å². The number of unbranched alkanes of at least 4 members (excludes halogenated alkanes) is 2. The summed E-state index contributed by atoms with van der Waals surface area (Å²) in [7, 11) is 0. The first-order valence-electron chi connectivity index (χ1n) is 32.3. The number of benzene rings is 2. The minimum Gasteiger partial charge on any atom is -0.494 e. The lowest BCUT2D eigenvalue weighted by Gasteiger charge is -2.33. The van der Waals surface area contributed by atoms with Gasteiger partial charge < -0.3 is 45.1 Å². The van der Waals surface area contributed by atoms with Crippen molar-refractivity contribution in [2.45, 2.75) is 113 Å². The molecule has 4 aliphatic heterocycles. The number of terminal acetylenes is 1. The summed E-state index contributed by atoms with van der Waals surface area (Å²) in [5.41, 5.74) is 3.09. The van der Waals surface area contributed by atoms with Crippen LogP contribution in [-0.2, 0) is 59.0 Å². The Morgan fingerprint density at radius 1 is 0.787 bits per heavy atom. The third-order valence-corrected chi connectivity index (χ3v) is 18.8. The molecule has 5 heterocycles. The molecule has 2 aromatic carbocycles. The van der Waals surface area contributed by atoms with Crippen LogP contribution in [0, 0.1) is 25.2 Å². The molecule has 4 N–H and O–H groups in total. The SMILES string of the molecule is C#C[C@H]1CC(F)(F)CN1C(=O)CNC(=O)c1ccnc2ccc(OCCCC3CCN(C(=O)CN4C(=O)CC(SC(CCCCCNC(=O)CCCc5ccc(C)cc5)CNC(=O)CN5CCN(COC=O)CCN(COC=O)CCN(CC(=O)O)CC5)C4=O)CC3)cc12. The van der Waals surface area contributed by atoms with Crippen LogP contribution in [0.1, 0.15) is 98.5 Å². The standard InChI is InChI=1S/C66H89F2N11O14S/c1-3-51-37-66(67,68)43-79(51)61(85)39-72-64(89)54-19-23-69-56-18-17-52(35-55(54)56)93-34-8-10-50-20-24-77(25-21-50)62(86)41-78-60(84)36-57(65(78)90)94-53(11-5-4-6-22-70-58(82)12-7-9-49-15-13-48(2)14-16-49)38-71-59(83)40-73-26-27-74(42-63(87)88)29-31-76(45-92-47-81)33-32-75(30-28-73)44-91-46-80/h1,13-19,23,35,46-47,50-51,53,57H,4-12,20-22,24-34,36-45H2,2H3,(H,70,82)(H,71,83)(H,72,89)(H,87,88)/t51-,53?,57?/m0/s1. The second kappa shape index (κ2) is 37.9. The van der Waals surface area contributed by atoms with E-state index in [1.807, 2.05) is 21.6 Å². The molecule has 1 aromatic heterocycles. The fraction of sp³-hybridized carbons (Fsp3) is 0.591. The van der Waals surface area contributed by atoms with Gasteiger partial charge in [0.2, 0.25) is 35.4 Å². The van der Waals surface area contributed by atoms with Gasteiger partial charge in [0.25, 0.3) is 24.8 Å². The monoisotopic (exact) mass is 1330 g/mol. The summed E-state index contributed by atoms with van der Waals surface area (Å²) in [6.07, 6.45) is 13.7. The van der Waals surface area contributed by atoms with Gasteiger partial charge in [0.1, 0.15) is 25.8 Å². The summed E-state index contributed by atoms with van der Waals surface area (Å²) >= 11 is 1.30. The molecule has 0 spiro atoms. The number of pyridine rings is 1. The number of carboxylic acid groups (broad SMARTS) is 1. The Hall–Kier alpha value is -7.84. The first kappa shape index (κ1) is 73.6. The van der Waals surface area contributed by atoms with E-state index in [9.17, 15) is 61.8 Å². The Morgan fingerprint density at radius 3 is 2.12 bits per heavy atom. The Labute approximate surface area is 551 Å². The maximum atomic E-state index is 14.1. The number of thioether (sulfide) groups is 1. The van der Waals surface area contributed by atoms with Crippen LogP contribution in [-0.4, -0.2) is 258 Å². The minimum absolute atomic E-state index is 0.00679. The number of nitrogens with zero attached hydrogens (tertiary/aromatic N) is 8. The highest BCUT2D eigenvalue weighted by Gasteiger charge is 2.46. The largest absolute Gasteiger partial charge is 0.494 e. The zero-order valence-corrected chi connectivity index (χ0v) is 54.4. The highest BCUT2D eigenvalue weighted by atomic mass is 32.2. The average molecular weight is 1330 g/mol. The molecule has 7 rings (SSSR count). The predicted octanol–water partition coefficient (Wildman–Crippen LogP) is 3.15. The van der Waals surface area contributed by atoms with Crippen molar-refractivity contribution < 1.29 is 76.0 Å². The van der Waals surface area contributed by atoms with Crippen molar-refractivity contribution in [2.75, 3.05) is 131 Å². The van der Waals surface area contributed by atoms with Crippen molar-refractivity contribution >= 4 is 82.9 Å². The highest BCUT2D eigenvalue weighted by molar-refractivity contribution is 8.01. The quantitative estimate of drug-likeness (QED) is 0.0289. The van der Waals surface area contributed by atoms with Crippen LogP contribution in [0.25, 0.3) is 10.9 Å². The Morgan fingerprint density at radius 2 is 1.46 bits per heavy atom. The van der Waals surface area contributed by atoms with Gasteiger partial charge in [-0.05, 0) is 94.0 Å². The van der Waals surface area contributed by atoms with Crippen LogP contribution in [0.2, 0.25) is 0 Å². The van der Waals surface area contributed by atoms with Crippen molar-refractivity contribution in [1.82, 2.24) is 55.2 Å². The van der Waals surface area contributed by atoms with Crippen LogP contribution < -0.4 is 20.7 Å². The van der Waals surface area contributed by atoms with Gasteiger partial charge in [0.15, 0.2) is 0 Å². The van der Waals surface area contributed by atoms with Crippen LogP contribution in [0.3, 0.4) is 0 Å². The molecule has 0 bridgehead atoms. The molecule has 94 heavy (non-hydrogen) atoms. The number of carbonyl (C=O) groups is 10. The number of amides is 7. The number of halogens is 2. The molecule has 7 amide bonds. The van der Waals surface area contributed by atoms with Crippen LogP contribution in [0.5, 0.6) is 5.75 Å². The van der Waals surface area contributed by atoms with Gasteiger partial charge >= 0.3 is 5.97 Å². The Bertz CT molecular complexity index is 3100. The lowest BCUT2D eigenvalue weighted by molar-refractivity contribution is -0.146. The Kier molecular flexibility index (Phi) is 29.7. The van der Waals surface area contributed by atoms with E-state index < -0.39 is 66.3 Å². The number of fused-ring (bicyclic) bond motifs is 1. The molecule has 2 unspecified atom stereocenters. The van der Waals surface area contributed by atoms with Gasteiger partial charge in [-0.2, -0.15) is 0 Å². The smallest absolute Gasteiger partial charge is 0.317 e. The lowest BCUT2D eigenvalue weighted by Crippen LogP contribution is -2.49. The molecule has 512 valence electrons. The molecular weight excluding hydrogens is 1240 g/mol. The number of carbonyl (C=O) groups excluding carboxylic acids is 9. The number of aromatic nitrogens is 1. The number of ether oxygens (including phenoxy) is 3. The number of alkyl halides is 2. The second-order valence-electron chi connectivity index (χ2n) is 24.4. The number of piperidine rings is 1. The number of hydrogen-bond donors (Lipinski definition) is 4. The normalized spacial score (nSPS) is 19.1. The number of aryl methyl sites for hydroxylation is 2. The van der Waals surface area contributed by atoms with Crippen molar-refractivity contribution in [3.63, 3.8) is 0 Å². The van der Waals surface area contributed by atoms with Gasteiger partial charge in [-0.3, -0.25) is 77.4 Å². The number of nitrogens with one attached hydrogen (secondary N) is 3. The molecule has 4 saturated heterocycles. The van der Waals surface area contributed by atoms with Gasteiger partial charge in [-0.15, -0.1) is 18.2 Å². The van der Waals surface area contributed by atoms with E-state index in [0.29, 0.717) is 153 Å². The van der Waals surface area contributed by atoms with E-state index in [4.69, 9.17) is 20.6 Å². The zero-order valence-electron chi connectivity index (χ0n) is 53.6. The molecule has 3 atom stereocenters. The maximum absolute atomic E-state index is 14.1. The van der Waals surface area contributed by atoms with Crippen LogP contribution >= 0.6 is 11.8 Å². The fourth-order valence-corrected chi connectivity index (χ4v) is 13.4. The van der Waals surface area contributed by atoms with E-state index in [-0.39, 0.29) is 80.5 Å². The topological polar surface area (TPSA) is 290 Å². The number of rotatable bonds is 34. The molecule has 0 saturated carbocycles. The van der Waals surface area contributed by atoms with Crippen molar-refractivity contribution in [3.8, 4) is 18.1 Å². The van der Waals surface area contributed by atoms with Crippen molar-refractivity contribution in [2.24, 2.45) is 5.92 Å². The molecule has 3 aromatic rings. The summed E-state index contributed by atoms with van der Waals surface area (Å²) in [5.74, 6) is -4.01. The molecule has 0 aliphatic carbocycles. The fourth-order valence-electron chi connectivity index (χ4n) is 11.9. The van der Waals surface area contributed by atoms with E-state index in [2.05, 4.69) is 51.1 Å². The molecular formula is C66H89F2N11O14S. The summed E-state index contributed by atoms with van der Waals surface area (Å²) in [5, 5.41) is 17.7. The number of hydrogen-bond acceptors (Lipinski definition) is 19. The van der Waals surface area contributed by atoms with Gasteiger partial charge in [-0.25, -0.2) is 8.78 Å². The summed E-state index contributed by atoms with van der Waals surface area (Å²) < 4.78 is 44.2. The first-order valence-corrected chi connectivity index (χ1v) is 33.3. The van der Waals surface area contributed by atoms with Crippen LogP contribution in [0.15, 0.2) is 54.7 Å². The molecule has 0 radical (unpaired) electrons. The summed E-state index contributed by atoms with van der Waals surface area (Å²) in [6.45, 7) is 5.48. The van der Waals surface area contributed by atoms with E-state index >= 15 is 0 Å².